The number of aliphatic hydroxyl groups is 2. The minimum Gasteiger partial charge on any atom is -0.362 e. The number of anilines is 1. The number of nitrogens with zero attached hydrogens (tertiary/aromatic N) is 1. The molecule has 1 atom stereocenters. The largest absolute Gasteiger partial charge is 0.362 e. The number of rotatable bonds is 3. The molecule has 4 rings (SSSR count). The highest BCUT2D eigenvalue weighted by atomic mass is 35.5. The van der Waals surface area contributed by atoms with Gasteiger partial charge < -0.3 is 15.5 Å². The van der Waals surface area contributed by atoms with Crippen molar-refractivity contribution < 1.29 is 23.6 Å². The molecule has 0 heterocycles. The number of fused-ring (bicyclic) bond motifs is 2. The van der Waals surface area contributed by atoms with Crippen LogP contribution in [0.4, 0.5) is 14.9 Å². The van der Waals surface area contributed by atoms with Gasteiger partial charge in [0.2, 0.25) is 0 Å². The van der Waals surface area contributed by atoms with E-state index in [1.165, 1.54) is 0 Å². The maximum Gasteiger partial charge on any atom is 0.354 e. The molecule has 166 valence electrons. The number of halogens is 2. The Balaban J connectivity index is 1.69. The molecule has 10 heteroatoms. The summed E-state index contributed by atoms with van der Waals surface area (Å²) in [6, 6.07) is 2.06. The van der Waals surface area contributed by atoms with Crippen molar-refractivity contribution >= 4 is 33.2 Å². The molecule has 0 fully saturated rings. The maximum atomic E-state index is 14.5. The number of nitrogens with one attached hydrogen (secondary N) is 1. The van der Waals surface area contributed by atoms with Crippen molar-refractivity contribution in [1.29, 1.82) is 0 Å². The number of carbonyl (C=O) groups is 1. The average molecular weight is 468 g/mol. The zero-order chi connectivity index (χ0) is 22.6. The Morgan fingerprint density at radius 3 is 2.23 bits per heavy atom. The molecule has 0 saturated carbocycles. The van der Waals surface area contributed by atoms with Gasteiger partial charge in [-0.2, -0.15) is 0 Å². The summed E-state index contributed by atoms with van der Waals surface area (Å²) < 4.78 is 30.9. The van der Waals surface area contributed by atoms with Gasteiger partial charge in [0.1, 0.15) is 15.7 Å². The van der Waals surface area contributed by atoms with Gasteiger partial charge in [-0.1, -0.05) is 17.7 Å². The van der Waals surface area contributed by atoms with E-state index in [4.69, 9.17) is 16.7 Å². The van der Waals surface area contributed by atoms with E-state index >= 15 is 0 Å². The molecule has 2 amide bonds. The lowest BCUT2D eigenvalue weighted by molar-refractivity contribution is -0.152. The first-order chi connectivity index (χ1) is 14.5. The van der Waals surface area contributed by atoms with Gasteiger partial charge in [0.25, 0.3) is 0 Å². The third-order valence-corrected chi connectivity index (χ3v) is 7.67. The molecule has 5 N–H and O–H groups in total. The highest BCUT2D eigenvalue weighted by Gasteiger charge is 2.29. The van der Waals surface area contributed by atoms with Crippen LogP contribution in [-0.4, -0.2) is 20.5 Å². The molecule has 2 aliphatic carbocycles. The van der Waals surface area contributed by atoms with Gasteiger partial charge in [0.05, 0.1) is 4.90 Å². The third-order valence-electron chi connectivity index (χ3n) is 5.81. The van der Waals surface area contributed by atoms with Gasteiger partial charge in [-0.05, 0) is 79.8 Å². The van der Waals surface area contributed by atoms with Crippen LogP contribution in [0.3, 0.4) is 0 Å². The SMILES string of the molecule is CC(O)(O)c1ccc([S@](N)(=O)=NC(=O)Nc2c3c(c(Cl)c4c2CCC4)CCC3)c(F)c1. The lowest BCUT2D eigenvalue weighted by Gasteiger charge is -2.18. The molecule has 2 aliphatic rings. The van der Waals surface area contributed by atoms with Crippen LogP contribution in [0.2, 0.25) is 5.02 Å². The standard InChI is InChI=1S/C21H23ClFN3O4S/c1-21(28,29)11-8-9-17(16(23)10-11)31(24,30)26-20(27)25-19-14-6-2-4-12(14)18(22)13-5-3-7-15(13)19/h8-10,28-29H,2-7H2,1H3,(H3,24,25,26,27,30)/t31-/m1/s1. The Kier molecular flexibility index (Phi) is 5.60. The molecule has 0 spiro atoms. The van der Waals surface area contributed by atoms with Crippen molar-refractivity contribution in [2.24, 2.45) is 9.50 Å². The van der Waals surface area contributed by atoms with Crippen molar-refractivity contribution in [3.05, 3.63) is 56.9 Å². The van der Waals surface area contributed by atoms with Crippen LogP contribution in [0.25, 0.3) is 0 Å². The smallest absolute Gasteiger partial charge is 0.354 e. The number of carbonyl (C=O) groups excluding carboxylic acids is 1. The molecule has 7 nitrogen and oxygen atoms in total. The predicted molar refractivity (Wildman–Crippen MR) is 116 cm³/mol. The van der Waals surface area contributed by atoms with E-state index in [0.717, 1.165) is 90.9 Å². The summed E-state index contributed by atoms with van der Waals surface area (Å²) >= 11 is 6.58. The van der Waals surface area contributed by atoms with Crippen molar-refractivity contribution in [1.82, 2.24) is 0 Å². The Labute approximate surface area is 184 Å². The minimum absolute atomic E-state index is 0.152. The Hall–Kier alpha value is -2.04. The van der Waals surface area contributed by atoms with Gasteiger partial charge in [-0.25, -0.2) is 18.5 Å². The summed E-state index contributed by atoms with van der Waals surface area (Å²) in [5, 5.41) is 28.4. The van der Waals surface area contributed by atoms with Crippen molar-refractivity contribution in [3.63, 3.8) is 0 Å². The summed E-state index contributed by atoms with van der Waals surface area (Å²) in [7, 11) is -3.91. The monoisotopic (exact) mass is 467 g/mol. The lowest BCUT2D eigenvalue weighted by atomic mass is 9.98. The zero-order valence-electron chi connectivity index (χ0n) is 16.9. The predicted octanol–water partition coefficient (Wildman–Crippen LogP) is 3.55. The number of benzene rings is 2. The Morgan fingerprint density at radius 1 is 1.16 bits per heavy atom. The molecular weight excluding hydrogens is 445 g/mol. The van der Waals surface area contributed by atoms with Gasteiger partial charge in [0.15, 0.2) is 5.79 Å². The fourth-order valence-electron chi connectivity index (χ4n) is 4.37. The number of urea groups is 1. The Morgan fingerprint density at radius 2 is 1.71 bits per heavy atom. The molecule has 0 unspecified atom stereocenters. The number of hydrogen-bond acceptors (Lipinski definition) is 4. The van der Waals surface area contributed by atoms with E-state index in [-0.39, 0.29) is 5.56 Å². The highest BCUT2D eigenvalue weighted by Crippen LogP contribution is 2.44. The zero-order valence-corrected chi connectivity index (χ0v) is 18.4. The van der Waals surface area contributed by atoms with Crippen molar-refractivity contribution in [2.75, 3.05) is 5.32 Å². The first-order valence-electron chi connectivity index (χ1n) is 9.94. The van der Waals surface area contributed by atoms with Crippen LogP contribution in [0, 0.1) is 5.82 Å². The molecule has 2 aromatic rings. The fourth-order valence-corrected chi connectivity index (χ4v) is 5.78. The van der Waals surface area contributed by atoms with Gasteiger partial charge in [-0.15, -0.1) is 4.36 Å². The summed E-state index contributed by atoms with van der Waals surface area (Å²) in [4.78, 5) is 12.2. The summed E-state index contributed by atoms with van der Waals surface area (Å²) in [5.74, 6) is -3.33. The average Bonchev–Trinajstić information content (AvgIpc) is 3.33. The van der Waals surface area contributed by atoms with E-state index < -0.39 is 32.4 Å². The summed E-state index contributed by atoms with van der Waals surface area (Å²) in [6.07, 6.45) is 5.07. The number of amides is 2. The van der Waals surface area contributed by atoms with Crippen LogP contribution in [0.5, 0.6) is 0 Å². The molecule has 2 aromatic carbocycles. The molecular formula is C21H23ClFN3O4S. The molecule has 0 bridgehead atoms. The van der Waals surface area contributed by atoms with Crippen molar-refractivity contribution in [2.45, 2.75) is 56.1 Å². The second-order valence-corrected chi connectivity index (χ2v) is 10.2. The van der Waals surface area contributed by atoms with E-state index in [0.29, 0.717) is 5.69 Å². The lowest BCUT2D eigenvalue weighted by Crippen LogP contribution is -2.22. The van der Waals surface area contributed by atoms with Gasteiger partial charge >= 0.3 is 6.03 Å². The van der Waals surface area contributed by atoms with Crippen LogP contribution < -0.4 is 10.5 Å². The van der Waals surface area contributed by atoms with Crippen LogP contribution in [0.15, 0.2) is 27.5 Å². The second-order valence-electron chi connectivity index (χ2n) is 8.07. The Bertz CT molecular complexity index is 1180. The highest BCUT2D eigenvalue weighted by molar-refractivity contribution is 7.91. The summed E-state index contributed by atoms with van der Waals surface area (Å²) in [5.41, 5.74) is 4.51. The normalized spacial score (nSPS) is 17.1. The van der Waals surface area contributed by atoms with Gasteiger partial charge in [0, 0.05) is 16.3 Å². The molecule has 0 aliphatic heterocycles. The third kappa shape index (κ3) is 4.08. The van der Waals surface area contributed by atoms with Crippen LogP contribution >= 0.6 is 11.6 Å². The van der Waals surface area contributed by atoms with Crippen LogP contribution in [0.1, 0.15) is 47.6 Å². The topological polar surface area (TPSA) is 125 Å². The number of nitrogens with two attached hydrogens (primary N) is 1. The van der Waals surface area contributed by atoms with E-state index in [2.05, 4.69) is 9.68 Å². The van der Waals surface area contributed by atoms with E-state index in [1.807, 2.05) is 0 Å². The number of hydrogen-bond donors (Lipinski definition) is 4. The second kappa shape index (κ2) is 7.83. The quantitative estimate of drug-likeness (QED) is 0.515. The van der Waals surface area contributed by atoms with Crippen molar-refractivity contribution in [3.8, 4) is 0 Å². The molecule has 0 radical (unpaired) electrons. The first-order valence-corrected chi connectivity index (χ1v) is 11.9. The molecule has 0 aromatic heterocycles. The van der Waals surface area contributed by atoms with Gasteiger partial charge in [-0.3, -0.25) is 0 Å². The molecule has 31 heavy (non-hydrogen) atoms. The van der Waals surface area contributed by atoms with E-state index in [9.17, 15) is 23.6 Å². The summed E-state index contributed by atoms with van der Waals surface area (Å²) in [6.45, 7) is 1.06. The maximum absolute atomic E-state index is 14.5. The first kappa shape index (κ1) is 22.2. The minimum atomic E-state index is -3.91. The molecule has 0 saturated heterocycles. The van der Waals surface area contributed by atoms with E-state index in [1.54, 1.807) is 0 Å². The van der Waals surface area contributed by atoms with Crippen LogP contribution in [-0.2, 0) is 41.4 Å². The fraction of sp³-hybridized carbons (Fsp3) is 0.381.